The van der Waals surface area contributed by atoms with Gasteiger partial charge in [-0.15, -0.1) is 0 Å². The van der Waals surface area contributed by atoms with E-state index in [1.54, 1.807) is 0 Å². The van der Waals surface area contributed by atoms with Gasteiger partial charge in [0.2, 0.25) is 0 Å². The fourth-order valence-electron chi connectivity index (χ4n) is 8.55. The zero-order valence-corrected chi connectivity index (χ0v) is 41.6. The molecule has 0 spiro atoms. The van der Waals surface area contributed by atoms with Gasteiger partial charge in [0.05, 0.1) is 17.6 Å². The SMILES string of the molecule is CCCCCCCCCCCC(=O)OCC(OC(=O)CCCCCCCCCCC)C(OC(=O)CCCCCCCCCCC)C(O)Cn1c2nc(=O)[nH]c(=O)c-2nc2cc(C)c(C)cc21. The van der Waals surface area contributed by atoms with E-state index in [-0.39, 0.29) is 37.3 Å². The minimum atomic E-state index is -1.57. The molecule has 0 saturated heterocycles. The van der Waals surface area contributed by atoms with Gasteiger partial charge in [-0.3, -0.25) is 24.2 Å². The number of nitrogens with zero attached hydrogens (tertiary/aromatic N) is 3. The van der Waals surface area contributed by atoms with Gasteiger partial charge in [-0.25, -0.2) is 9.78 Å². The molecule has 3 atom stereocenters. The van der Waals surface area contributed by atoms with Crippen LogP contribution in [-0.4, -0.2) is 67.5 Å². The first kappa shape index (κ1) is 56.2. The first-order valence-electron chi connectivity index (χ1n) is 26.1. The van der Waals surface area contributed by atoms with Crippen LogP contribution in [0, 0.1) is 13.8 Å². The Hall–Kier alpha value is -4.13. The summed E-state index contributed by atoms with van der Waals surface area (Å²) in [6.45, 7) is 9.67. The quantitative estimate of drug-likeness (QED) is 0.0242. The molecule has 0 bridgehead atoms. The number of aliphatic hydroxyl groups excluding tert-OH is 1. The molecule has 3 rings (SSSR count). The summed E-state index contributed by atoms with van der Waals surface area (Å²) in [4.78, 5) is 77.0. The number of carbonyl (C=O) groups excluding carboxylic acids is 3. The number of aliphatic hydroxyl groups is 1. The number of esters is 3. The lowest BCUT2D eigenvalue weighted by Crippen LogP contribution is -2.48. The number of hydrogen-bond acceptors (Lipinski definition) is 11. The van der Waals surface area contributed by atoms with Crippen molar-refractivity contribution >= 4 is 28.9 Å². The molecule has 2 aliphatic rings. The highest BCUT2D eigenvalue weighted by molar-refractivity contribution is 5.81. The summed E-state index contributed by atoms with van der Waals surface area (Å²) >= 11 is 0. The molecule has 0 radical (unpaired) electrons. The fourth-order valence-corrected chi connectivity index (χ4v) is 8.55. The number of hydrogen-bond donors (Lipinski definition) is 2. The first-order valence-corrected chi connectivity index (χ1v) is 26.1. The van der Waals surface area contributed by atoms with Gasteiger partial charge >= 0.3 is 23.6 Å². The molecule has 0 amide bonds. The zero-order valence-electron chi connectivity index (χ0n) is 41.6. The second-order valence-corrected chi connectivity index (χ2v) is 18.7. The van der Waals surface area contributed by atoms with E-state index in [0.717, 1.165) is 75.3 Å². The molecule has 0 fully saturated rings. The van der Waals surface area contributed by atoms with Crippen molar-refractivity contribution in [1.29, 1.82) is 0 Å². The van der Waals surface area contributed by atoms with Crippen molar-refractivity contribution in [1.82, 2.24) is 19.5 Å². The molecule has 0 saturated carbocycles. The lowest BCUT2D eigenvalue weighted by Gasteiger charge is -2.31. The lowest BCUT2D eigenvalue weighted by atomic mass is 10.0. The first-order chi connectivity index (χ1) is 32.0. The Morgan fingerprint density at radius 2 is 1.02 bits per heavy atom. The molecule has 1 aromatic rings. The summed E-state index contributed by atoms with van der Waals surface area (Å²) in [5.74, 6) is -1.66. The van der Waals surface area contributed by atoms with Crippen LogP contribution in [-0.2, 0) is 35.1 Å². The Balaban J connectivity index is 1.86. The number of rotatable bonds is 38. The number of nitrogens with one attached hydrogen (secondary N) is 1. The maximum Gasteiger partial charge on any atom is 0.349 e. The highest BCUT2D eigenvalue weighted by atomic mass is 16.6. The van der Waals surface area contributed by atoms with Gasteiger partial charge in [-0.2, -0.15) is 4.98 Å². The number of H-pyrrole nitrogens is 1. The van der Waals surface area contributed by atoms with E-state index in [1.807, 2.05) is 26.0 Å². The largest absolute Gasteiger partial charge is 0.462 e. The predicted octanol–water partition coefficient (Wildman–Crippen LogP) is 11.7. The van der Waals surface area contributed by atoms with Gasteiger partial charge in [0.15, 0.2) is 23.7 Å². The van der Waals surface area contributed by atoms with Gasteiger partial charge in [0, 0.05) is 19.3 Å². The summed E-state index contributed by atoms with van der Waals surface area (Å²) < 4.78 is 19.4. The Kier molecular flexibility index (Phi) is 28.4. The molecule has 3 unspecified atom stereocenters. The molecular formula is C53H86N4O9. The summed E-state index contributed by atoms with van der Waals surface area (Å²) in [6, 6.07) is 3.64. The third-order valence-electron chi connectivity index (χ3n) is 12.8. The second-order valence-electron chi connectivity index (χ2n) is 18.7. The van der Waals surface area contributed by atoms with Crippen LogP contribution in [0.1, 0.15) is 225 Å². The Morgan fingerprint density at radius 3 is 1.50 bits per heavy atom. The summed E-state index contributed by atoms with van der Waals surface area (Å²) in [5.41, 5.74) is 0.991. The van der Waals surface area contributed by atoms with Gasteiger partial charge < -0.3 is 23.9 Å². The number of carbonyl (C=O) groups is 3. The Labute approximate surface area is 395 Å². The number of aryl methyl sites for hydroxylation is 2. The molecule has 0 aliphatic carbocycles. The summed E-state index contributed by atoms with van der Waals surface area (Å²) in [7, 11) is 0. The van der Waals surface area contributed by atoms with E-state index in [4.69, 9.17) is 14.2 Å². The molecule has 1 aromatic carbocycles. The Morgan fingerprint density at radius 1 is 0.591 bits per heavy atom. The number of aromatic nitrogens is 4. The number of aromatic amines is 1. The van der Waals surface area contributed by atoms with E-state index in [9.17, 15) is 29.1 Å². The molecule has 13 heteroatoms. The maximum atomic E-state index is 13.7. The molecule has 372 valence electrons. The van der Waals surface area contributed by atoms with Crippen LogP contribution in [0.4, 0.5) is 0 Å². The molecule has 2 N–H and O–H groups in total. The van der Waals surface area contributed by atoms with Gasteiger partial charge in [-0.05, 0) is 56.4 Å². The average Bonchev–Trinajstić information content (AvgIpc) is 3.28. The van der Waals surface area contributed by atoms with E-state index >= 15 is 0 Å². The van der Waals surface area contributed by atoms with Crippen LogP contribution in [0.25, 0.3) is 22.6 Å². The smallest absolute Gasteiger partial charge is 0.349 e. The molecule has 2 heterocycles. The predicted molar refractivity (Wildman–Crippen MR) is 263 cm³/mol. The topological polar surface area (TPSA) is 180 Å². The lowest BCUT2D eigenvalue weighted by molar-refractivity contribution is -0.186. The highest BCUT2D eigenvalue weighted by Crippen LogP contribution is 2.26. The Bertz CT molecular complexity index is 1930. The third-order valence-corrected chi connectivity index (χ3v) is 12.8. The van der Waals surface area contributed by atoms with Crippen LogP contribution in [0.15, 0.2) is 21.7 Å². The van der Waals surface area contributed by atoms with Crippen molar-refractivity contribution in [3.05, 3.63) is 44.1 Å². The van der Waals surface area contributed by atoms with E-state index < -0.39 is 54.1 Å². The minimum Gasteiger partial charge on any atom is -0.462 e. The highest BCUT2D eigenvalue weighted by Gasteiger charge is 2.37. The van der Waals surface area contributed by atoms with E-state index in [2.05, 4.69) is 35.7 Å². The van der Waals surface area contributed by atoms with Gasteiger partial charge in [0.25, 0.3) is 5.56 Å². The standard InChI is InChI=1S/C53H86N4O9/c1-6-9-12-15-18-21-24-27-30-33-46(59)64-39-45(65-47(60)34-31-28-25-22-19-16-13-10-7-2)50(66-48(61)35-32-29-26-23-20-17-14-11-8-3)44(58)38-57-43-37-41(5)40(4)36-42(43)54-49-51(57)55-53(63)56-52(49)62/h36-37,44-45,50,58H,6-35,38-39H2,1-5H3,(H,56,62,63). The van der Waals surface area contributed by atoms with Crippen molar-refractivity contribution in [2.24, 2.45) is 0 Å². The van der Waals surface area contributed by atoms with Crippen LogP contribution >= 0.6 is 0 Å². The zero-order chi connectivity index (χ0) is 47.9. The number of ether oxygens (including phenoxy) is 3. The van der Waals surface area contributed by atoms with Gasteiger partial charge in [0.1, 0.15) is 12.7 Å². The number of benzene rings is 1. The summed E-state index contributed by atoms with van der Waals surface area (Å²) in [6.07, 6.45) is 25.0. The van der Waals surface area contributed by atoms with E-state index in [0.29, 0.717) is 30.3 Å². The van der Waals surface area contributed by atoms with Crippen molar-refractivity contribution in [2.45, 2.75) is 252 Å². The molecule has 0 aromatic heterocycles. The van der Waals surface area contributed by atoms with Crippen molar-refractivity contribution in [3.63, 3.8) is 0 Å². The molecular weight excluding hydrogens is 837 g/mol. The summed E-state index contributed by atoms with van der Waals surface area (Å²) in [5, 5.41) is 12.3. The van der Waals surface area contributed by atoms with Crippen molar-refractivity contribution < 1.29 is 33.7 Å². The van der Waals surface area contributed by atoms with Crippen LogP contribution in [0.3, 0.4) is 0 Å². The maximum absolute atomic E-state index is 13.7. The van der Waals surface area contributed by atoms with Crippen LogP contribution in [0.5, 0.6) is 0 Å². The monoisotopic (exact) mass is 923 g/mol. The normalized spacial score (nSPS) is 12.9. The molecule has 66 heavy (non-hydrogen) atoms. The fraction of sp³-hybridized carbons (Fsp3) is 0.755. The second kappa shape index (κ2) is 33.4. The number of fused-ring (bicyclic) bond motifs is 2. The number of unbranched alkanes of at least 4 members (excludes halogenated alkanes) is 24. The van der Waals surface area contributed by atoms with Crippen LogP contribution < -0.4 is 11.2 Å². The van der Waals surface area contributed by atoms with Crippen molar-refractivity contribution in [3.8, 4) is 11.5 Å². The molecule has 2 aliphatic heterocycles. The van der Waals surface area contributed by atoms with Crippen molar-refractivity contribution in [2.75, 3.05) is 6.61 Å². The average molecular weight is 923 g/mol. The van der Waals surface area contributed by atoms with E-state index in [1.165, 1.54) is 94.5 Å². The van der Waals surface area contributed by atoms with Crippen LogP contribution in [0.2, 0.25) is 0 Å². The third kappa shape index (κ3) is 21.7. The molecule has 13 nitrogen and oxygen atoms in total. The van der Waals surface area contributed by atoms with Gasteiger partial charge in [-0.1, -0.05) is 175 Å². The minimum absolute atomic E-state index is 0.0652.